The first-order chi connectivity index (χ1) is 8.56. The molecule has 2 rings (SSSR count). The summed E-state index contributed by atoms with van der Waals surface area (Å²) in [5.41, 5.74) is 0.603. The number of halogens is 2. The average Bonchev–Trinajstić information content (AvgIpc) is 2.27. The Kier molecular flexibility index (Phi) is 6.47. The van der Waals surface area contributed by atoms with Crippen molar-refractivity contribution in [3.63, 3.8) is 0 Å². The molecular formula is C14H19BrClNO2. The third-order valence-electron chi connectivity index (χ3n) is 3.04. The highest BCUT2D eigenvalue weighted by Gasteiger charge is 2.24. The van der Waals surface area contributed by atoms with Crippen molar-refractivity contribution in [3.8, 4) is 0 Å². The average molecular weight is 349 g/mol. The summed E-state index contributed by atoms with van der Waals surface area (Å²) in [7, 11) is 0. The number of hydrogen-bond acceptors (Lipinski definition) is 3. The molecule has 0 bridgehead atoms. The van der Waals surface area contributed by atoms with Crippen LogP contribution in [0.5, 0.6) is 0 Å². The van der Waals surface area contributed by atoms with Crippen LogP contribution in [-0.2, 0) is 4.74 Å². The van der Waals surface area contributed by atoms with Gasteiger partial charge in [0.05, 0.1) is 23.8 Å². The lowest BCUT2D eigenvalue weighted by Gasteiger charge is -2.34. The Morgan fingerprint density at radius 2 is 1.89 bits per heavy atom. The summed E-state index contributed by atoms with van der Waals surface area (Å²) in [6.07, 6.45) is 0.348. The number of nitrogens with zero attached hydrogens (tertiary/aromatic N) is 1. The van der Waals surface area contributed by atoms with Crippen molar-refractivity contribution in [1.29, 1.82) is 0 Å². The Morgan fingerprint density at radius 3 is 2.47 bits per heavy atom. The third-order valence-corrected chi connectivity index (χ3v) is 3.37. The zero-order chi connectivity index (χ0) is 13.1. The van der Waals surface area contributed by atoms with Gasteiger partial charge in [0.25, 0.3) is 0 Å². The van der Waals surface area contributed by atoms with Gasteiger partial charge in [-0.3, -0.25) is 9.69 Å². The molecule has 1 aliphatic heterocycles. The summed E-state index contributed by atoms with van der Waals surface area (Å²) < 4.78 is 5.65. The van der Waals surface area contributed by atoms with Crippen LogP contribution in [0.4, 0.5) is 0 Å². The van der Waals surface area contributed by atoms with E-state index in [4.69, 9.17) is 16.3 Å². The fourth-order valence-electron chi connectivity index (χ4n) is 2.39. The molecular weight excluding hydrogens is 330 g/mol. The number of benzene rings is 1. The predicted octanol–water partition coefficient (Wildman–Crippen LogP) is 3.21. The predicted molar refractivity (Wildman–Crippen MR) is 82.6 cm³/mol. The molecule has 1 aromatic carbocycles. The summed E-state index contributed by atoms with van der Waals surface area (Å²) >= 11 is 6.03. The molecule has 0 aromatic heterocycles. The van der Waals surface area contributed by atoms with Crippen LogP contribution in [0.2, 0.25) is 5.02 Å². The SMILES string of the molecule is Br.CC1CN(CC(=O)c2ccccc2Cl)CC(C)O1. The zero-order valence-electron chi connectivity index (χ0n) is 11.1. The van der Waals surface area contributed by atoms with Crippen LogP contribution in [-0.4, -0.2) is 42.5 Å². The molecule has 1 aromatic rings. The summed E-state index contributed by atoms with van der Waals surface area (Å²) in [6.45, 7) is 6.05. The van der Waals surface area contributed by atoms with Gasteiger partial charge in [-0.25, -0.2) is 0 Å². The van der Waals surface area contributed by atoms with Crippen LogP contribution in [0.3, 0.4) is 0 Å². The minimum absolute atomic E-state index is 0. The lowest BCUT2D eigenvalue weighted by Crippen LogP contribution is -2.47. The second kappa shape index (κ2) is 7.39. The number of Topliss-reactive ketones (excluding diaryl/α,β-unsaturated/α-hetero) is 1. The molecule has 1 saturated heterocycles. The lowest BCUT2D eigenvalue weighted by atomic mass is 10.1. The molecule has 3 nitrogen and oxygen atoms in total. The number of morpholine rings is 1. The molecule has 2 atom stereocenters. The molecule has 0 saturated carbocycles. The van der Waals surface area contributed by atoms with Gasteiger partial charge in [-0.15, -0.1) is 17.0 Å². The smallest absolute Gasteiger partial charge is 0.178 e. The van der Waals surface area contributed by atoms with E-state index in [2.05, 4.69) is 4.90 Å². The molecule has 1 heterocycles. The minimum Gasteiger partial charge on any atom is -0.373 e. The van der Waals surface area contributed by atoms with Gasteiger partial charge in [0, 0.05) is 18.7 Å². The second-order valence-electron chi connectivity index (χ2n) is 4.85. The van der Waals surface area contributed by atoms with Gasteiger partial charge in [-0.05, 0) is 26.0 Å². The molecule has 0 amide bonds. The van der Waals surface area contributed by atoms with Gasteiger partial charge in [-0.1, -0.05) is 23.7 Å². The van der Waals surface area contributed by atoms with Crippen molar-refractivity contribution in [3.05, 3.63) is 34.9 Å². The van der Waals surface area contributed by atoms with E-state index in [1.54, 1.807) is 12.1 Å². The monoisotopic (exact) mass is 347 g/mol. The molecule has 0 radical (unpaired) electrons. The fraction of sp³-hybridized carbons (Fsp3) is 0.500. The van der Waals surface area contributed by atoms with Crippen LogP contribution in [0.25, 0.3) is 0 Å². The highest BCUT2D eigenvalue weighted by atomic mass is 79.9. The van der Waals surface area contributed by atoms with Crippen LogP contribution < -0.4 is 0 Å². The van der Waals surface area contributed by atoms with E-state index in [1.165, 1.54) is 0 Å². The van der Waals surface area contributed by atoms with Crippen molar-refractivity contribution in [2.45, 2.75) is 26.1 Å². The highest BCUT2D eigenvalue weighted by molar-refractivity contribution is 8.93. The number of hydrogen-bond donors (Lipinski definition) is 0. The Hall–Kier alpha value is -0.420. The Morgan fingerprint density at radius 1 is 1.32 bits per heavy atom. The molecule has 0 N–H and O–H groups in total. The second-order valence-corrected chi connectivity index (χ2v) is 5.26. The normalized spacial score (nSPS) is 23.7. The standard InChI is InChI=1S/C14H18ClNO2.BrH/c1-10-7-16(8-11(2)18-10)9-14(17)12-5-3-4-6-13(12)15;/h3-6,10-11H,7-9H2,1-2H3;1H. The maximum absolute atomic E-state index is 12.2. The third kappa shape index (κ3) is 4.56. The van der Waals surface area contributed by atoms with Gasteiger partial charge in [0.2, 0.25) is 0 Å². The van der Waals surface area contributed by atoms with Crippen molar-refractivity contribution in [1.82, 2.24) is 4.90 Å². The first kappa shape index (κ1) is 16.6. The van der Waals surface area contributed by atoms with Crippen molar-refractivity contribution >= 4 is 34.4 Å². The molecule has 106 valence electrons. The molecule has 5 heteroatoms. The fourth-order valence-corrected chi connectivity index (χ4v) is 2.63. The van der Waals surface area contributed by atoms with E-state index in [0.717, 1.165) is 13.1 Å². The van der Waals surface area contributed by atoms with Gasteiger partial charge in [0.1, 0.15) is 0 Å². The Bertz CT molecular complexity index is 431. The molecule has 1 fully saturated rings. The molecule has 2 unspecified atom stereocenters. The van der Waals surface area contributed by atoms with Gasteiger partial charge in [-0.2, -0.15) is 0 Å². The van der Waals surface area contributed by atoms with Crippen LogP contribution >= 0.6 is 28.6 Å². The van der Waals surface area contributed by atoms with Crippen molar-refractivity contribution in [2.24, 2.45) is 0 Å². The summed E-state index contributed by atoms with van der Waals surface area (Å²) in [5.74, 6) is 0.0712. The Balaban J connectivity index is 0.00000180. The maximum atomic E-state index is 12.2. The summed E-state index contributed by atoms with van der Waals surface area (Å²) in [5, 5.41) is 0.525. The Labute approximate surface area is 129 Å². The van der Waals surface area contributed by atoms with E-state index in [0.29, 0.717) is 17.1 Å². The largest absolute Gasteiger partial charge is 0.373 e. The van der Waals surface area contributed by atoms with Gasteiger partial charge < -0.3 is 4.74 Å². The van der Waals surface area contributed by atoms with E-state index in [9.17, 15) is 4.79 Å². The lowest BCUT2D eigenvalue weighted by molar-refractivity contribution is -0.0652. The maximum Gasteiger partial charge on any atom is 0.178 e. The summed E-state index contributed by atoms with van der Waals surface area (Å²) in [4.78, 5) is 14.3. The number of ether oxygens (including phenoxy) is 1. The minimum atomic E-state index is 0. The molecule has 0 aliphatic carbocycles. The molecule has 19 heavy (non-hydrogen) atoms. The van der Waals surface area contributed by atoms with Gasteiger partial charge >= 0.3 is 0 Å². The van der Waals surface area contributed by atoms with Crippen molar-refractivity contribution < 1.29 is 9.53 Å². The molecule has 0 spiro atoms. The number of carbonyl (C=O) groups is 1. The van der Waals surface area contributed by atoms with E-state index < -0.39 is 0 Å². The van der Waals surface area contributed by atoms with Gasteiger partial charge in [0.15, 0.2) is 5.78 Å². The number of carbonyl (C=O) groups excluding carboxylic acids is 1. The quantitative estimate of drug-likeness (QED) is 0.786. The topological polar surface area (TPSA) is 29.5 Å². The first-order valence-electron chi connectivity index (χ1n) is 6.22. The van der Waals surface area contributed by atoms with Crippen LogP contribution in [0, 0.1) is 0 Å². The zero-order valence-corrected chi connectivity index (χ0v) is 13.6. The van der Waals surface area contributed by atoms with E-state index >= 15 is 0 Å². The first-order valence-corrected chi connectivity index (χ1v) is 6.59. The van der Waals surface area contributed by atoms with Crippen LogP contribution in [0.15, 0.2) is 24.3 Å². The number of ketones is 1. The van der Waals surface area contributed by atoms with E-state index in [1.807, 2.05) is 26.0 Å². The summed E-state index contributed by atoms with van der Waals surface area (Å²) in [6, 6.07) is 7.19. The molecule has 1 aliphatic rings. The van der Waals surface area contributed by atoms with Crippen LogP contribution in [0.1, 0.15) is 24.2 Å². The number of rotatable bonds is 3. The van der Waals surface area contributed by atoms with Crippen molar-refractivity contribution in [2.75, 3.05) is 19.6 Å². The highest BCUT2D eigenvalue weighted by Crippen LogP contribution is 2.17. The van der Waals surface area contributed by atoms with E-state index in [-0.39, 0.29) is 35.0 Å².